The Morgan fingerprint density at radius 2 is 2.00 bits per heavy atom. The molecule has 1 aromatic carbocycles. The quantitative estimate of drug-likeness (QED) is 0.252. The van der Waals surface area contributed by atoms with Crippen molar-refractivity contribution >= 4 is 27.7 Å². The standard InChI is InChI=1S/C15H17BrFNO4/c1-5-22-15(20)10(8-18(2)3)14(19)9-6-11(16)13(21-4)7-12(9)17/h6-8H,5H2,1-4H3. The summed E-state index contributed by atoms with van der Waals surface area (Å²) in [6.45, 7) is 1.74. The Hall–Kier alpha value is -1.89. The van der Waals surface area contributed by atoms with Crippen LogP contribution in [0.5, 0.6) is 5.75 Å². The molecule has 1 rings (SSSR count). The lowest BCUT2D eigenvalue weighted by molar-refractivity contribution is -0.138. The van der Waals surface area contributed by atoms with Crippen LogP contribution in [0.3, 0.4) is 0 Å². The minimum Gasteiger partial charge on any atom is -0.495 e. The number of hydrogen-bond donors (Lipinski definition) is 0. The summed E-state index contributed by atoms with van der Waals surface area (Å²) in [5, 5.41) is 0. The van der Waals surface area contributed by atoms with Gasteiger partial charge in [-0.05, 0) is 28.9 Å². The van der Waals surface area contributed by atoms with Gasteiger partial charge in [0, 0.05) is 26.4 Å². The summed E-state index contributed by atoms with van der Waals surface area (Å²) in [6.07, 6.45) is 1.30. The highest BCUT2D eigenvalue weighted by Gasteiger charge is 2.25. The summed E-state index contributed by atoms with van der Waals surface area (Å²) in [6, 6.07) is 2.36. The van der Waals surface area contributed by atoms with Crippen molar-refractivity contribution in [1.82, 2.24) is 4.90 Å². The third-order valence-electron chi connectivity index (χ3n) is 2.61. The second-order valence-corrected chi connectivity index (χ2v) is 5.38. The van der Waals surface area contributed by atoms with Gasteiger partial charge in [-0.25, -0.2) is 9.18 Å². The second-order valence-electron chi connectivity index (χ2n) is 4.52. The summed E-state index contributed by atoms with van der Waals surface area (Å²) >= 11 is 3.19. The van der Waals surface area contributed by atoms with Crippen LogP contribution in [0.25, 0.3) is 0 Å². The Labute approximate surface area is 136 Å². The molecule has 0 saturated carbocycles. The van der Waals surface area contributed by atoms with E-state index in [2.05, 4.69) is 15.9 Å². The van der Waals surface area contributed by atoms with Crippen LogP contribution < -0.4 is 4.74 Å². The number of benzene rings is 1. The van der Waals surface area contributed by atoms with Crippen molar-refractivity contribution in [2.75, 3.05) is 27.8 Å². The number of ketones is 1. The first-order valence-corrected chi connectivity index (χ1v) is 7.24. The summed E-state index contributed by atoms with van der Waals surface area (Å²) in [4.78, 5) is 25.9. The molecule has 5 nitrogen and oxygen atoms in total. The van der Waals surface area contributed by atoms with E-state index in [9.17, 15) is 14.0 Å². The summed E-state index contributed by atoms with van der Waals surface area (Å²) in [5.74, 6) is -2.08. The van der Waals surface area contributed by atoms with E-state index < -0.39 is 17.6 Å². The van der Waals surface area contributed by atoms with Gasteiger partial charge in [-0.15, -0.1) is 0 Å². The fourth-order valence-electron chi connectivity index (χ4n) is 1.68. The number of ether oxygens (including phenoxy) is 2. The molecule has 0 saturated heterocycles. The third-order valence-corrected chi connectivity index (χ3v) is 3.23. The van der Waals surface area contributed by atoms with Gasteiger partial charge in [0.25, 0.3) is 0 Å². The van der Waals surface area contributed by atoms with Gasteiger partial charge in [0.05, 0.1) is 23.8 Å². The number of carbonyl (C=O) groups excluding carboxylic acids is 2. The predicted molar refractivity (Wildman–Crippen MR) is 83.4 cm³/mol. The number of Topliss-reactive ketones (excluding diaryl/α,β-unsaturated/α-hetero) is 1. The van der Waals surface area contributed by atoms with Gasteiger partial charge in [0.1, 0.15) is 17.1 Å². The molecule has 120 valence electrons. The van der Waals surface area contributed by atoms with Gasteiger partial charge in [-0.1, -0.05) is 0 Å². The smallest absolute Gasteiger partial charge is 0.343 e. The first-order chi connectivity index (χ1) is 10.3. The monoisotopic (exact) mass is 373 g/mol. The number of rotatable bonds is 6. The van der Waals surface area contributed by atoms with E-state index in [0.29, 0.717) is 4.47 Å². The molecule has 0 amide bonds. The van der Waals surface area contributed by atoms with Gasteiger partial charge in [0.2, 0.25) is 5.78 Å². The number of hydrogen-bond acceptors (Lipinski definition) is 5. The van der Waals surface area contributed by atoms with E-state index in [0.717, 1.165) is 6.07 Å². The molecule has 0 aromatic heterocycles. The van der Waals surface area contributed by atoms with Crippen LogP contribution in [-0.2, 0) is 9.53 Å². The predicted octanol–water partition coefficient (Wildman–Crippen LogP) is 2.79. The Morgan fingerprint density at radius 1 is 1.36 bits per heavy atom. The number of carbonyl (C=O) groups is 2. The molecule has 0 aliphatic rings. The van der Waals surface area contributed by atoms with Gasteiger partial charge in [0.15, 0.2) is 0 Å². The maximum absolute atomic E-state index is 14.1. The van der Waals surface area contributed by atoms with E-state index in [1.54, 1.807) is 21.0 Å². The van der Waals surface area contributed by atoms with Crippen LogP contribution in [-0.4, -0.2) is 44.5 Å². The Balaban J connectivity index is 3.31. The van der Waals surface area contributed by atoms with Crippen molar-refractivity contribution in [3.05, 3.63) is 39.8 Å². The van der Waals surface area contributed by atoms with Crippen LogP contribution in [0.4, 0.5) is 4.39 Å². The minimum absolute atomic E-state index is 0.117. The lowest BCUT2D eigenvalue weighted by Gasteiger charge is -2.12. The number of halogens is 2. The molecular weight excluding hydrogens is 357 g/mol. The Morgan fingerprint density at radius 3 is 2.50 bits per heavy atom. The molecule has 0 bridgehead atoms. The molecule has 0 unspecified atom stereocenters. The number of esters is 1. The van der Waals surface area contributed by atoms with E-state index in [1.165, 1.54) is 24.3 Å². The minimum atomic E-state index is -0.799. The fourth-order valence-corrected chi connectivity index (χ4v) is 2.18. The molecular formula is C15H17BrFNO4. The van der Waals surface area contributed by atoms with Crippen LogP contribution in [0.1, 0.15) is 17.3 Å². The molecule has 0 radical (unpaired) electrons. The maximum atomic E-state index is 14.1. The molecule has 22 heavy (non-hydrogen) atoms. The highest BCUT2D eigenvalue weighted by molar-refractivity contribution is 9.10. The molecule has 0 fully saturated rings. The largest absolute Gasteiger partial charge is 0.495 e. The SMILES string of the molecule is CCOC(=O)C(=CN(C)C)C(=O)c1cc(Br)c(OC)cc1F. The third kappa shape index (κ3) is 4.30. The zero-order valence-corrected chi connectivity index (χ0v) is 14.4. The fraction of sp³-hybridized carbons (Fsp3) is 0.333. The van der Waals surface area contributed by atoms with Crippen molar-refractivity contribution in [3.63, 3.8) is 0 Å². The maximum Gasteiger partial charge on any atom is 0.343 e. The van der Waals surface area contributed by atoms with Crippen LogP contribution in [0, 0.1) is 5.82 Å². The normalized spacial score (nSPS) is 11.1. The Bertz CT molecular complexity index is 614. The number of methoxy groups -OCH3 is 1. The molecule has 7 heteroatoms. The number of nitrogens with zero attached hydrogens (tertiary/aromatic N) is 1. The lowest BCUT2D eigenvalue weighted by Crippen LogP contribution is -2.20. The molecule has 0 heterocycles. The van der Waals surface area contributed by atoms with Gasteiger partial charge in [-0.3, -0.25) is 4.79 Å². The van der Waals surface area contributed by atoms with E-state index in [-0.39, 0.29) is 23.5 Å². The van der Waals surface area contributed by atoms with Crippen molar-refractivity contribution in [2.45, 2.75) is 6.92 Å². The highest BCUT2D eigenvalue weighted by Crippen LogP contribution is 2.29. The first-order valence-electron chi connectivity index (χ1n) is 6.44. The van der Waals surface area contributed by atoms with Crippen LogP contribution in [0.15, 0.2) is 28.4 Å². The molecule has 0 N–H and O–H groups in total. The first kappa shape index (κ1) is 18.2. The van der Waals surface area contributed by atoms with Gasteiger partial charge >= 0.3 is 5.97 Å². The summed E-state index contributed by atoms with van der Waals surface area (Å²) < 4.78 is 24.3. The molecule has 0 spiro atoms. The van der Waals surface area contributed by atoms with E-state index in [1.807, 2.05) is 0 Å². The average Bonchev–Trinajstić information content (AvgIpc) is 2.46. The van der Waals surface area contributed by atoms with Crippen molar-refractivity contribution in [3.8, 4) is 5.75 Å². The molecule has 1 aromatic rings. The molecule has 0 aliphatic heterocycles. The summed E-state index contributed by atoms with van der Waals surface area (Å²) in [5.41, 5.74) is -0.489. The second kappa shape index (κ2) is 7.93. The van der Waals surface area contributed by atoms with E-state index >= 15 is 0 Å². The van der Waals surface area contributed by atoms with Gasteiger partial charge < -0.3 is 14.4 Å². The van der Waals surface area contributed by atoms with Crippen molar-refractivity contribution in [1.29, 1.82) is 0 Å². The molecule has 0 atom stereocenters. The lowest BCUT2D eigenvalue weighted by atomic mass is 10.0. The van der Waals surface area contributed by atoms with Crippen LogP contribution >= 0.6 is 15.9 Å². The zero-order valence-electron chi connectivity index (χ0n) is 12.8. The average molecular weight is 374 g/mol. The molecule has 0 aliphatic carbocycles. The van der Waals surface area contributed by atoms with E-state index in [4.69, 9.17) is 9.47 Å². The summed E-state index contributed by atoms with van der Waals surface area (Å²) in [7, 11) is 4.68. The van der Waals surface area contributed by atoms with Crippen molar-refractivity contribution < 1.29 is 23.5 Å². The zero-order chi connectivity index (χ0) is 16.9. The highest BCUT2D eigenvalue weighted by atomic mass is 79.9. The Kier molecular flexibility index (Phi) is 6.55. The topological polar surface area (TPSA) is 55.8 Å². The van der Waals surface area contributed by atoms with Crippen molar-refractivity contribution in [2.24, 2.45) is 0 Å². The van der Waals surface area contributed by atoms with Gasteiger partial charge in [-0.2, -0.15) is 0 Å². The van der Waals surface area contributed by atoms with Crippen LogP contribution in [0.2, 0.25) is 0 Å².